The van der Waals surface area contributed by atoms with E-state index in [1.807, 2.05) is 36.4 Å². The number of hydrogen-bond acceptors (Lipinski definition) is 5. The van der Waals surface area contributed by atoms with Crippen LogP contribution in [0.3, 0.4) is 0 Å². The summed E-state index contributed by atoms with van der Waals surface area (Å²) in [4.78, 5) is 0. The average Bonchev–Trinajstić information content (AvgIpc) is 2.74. The zero-order valence-corrected chi connectivity index (χ0v) is 15.7. The summed E-state index contributed by atoms with van der Waals surface area (Å²) in [5.41, 5.74) is 1.43. The maximum absolute atomic E-state index is 6.45. The summed E-state index contributed by atoms with van der Waals surface area (Å²) in [6, 6.07) is 20.4. The van der Waals surface area contributed by atoms with Gasteiger partial charge in [-0.15, -0.1) is 0 Å². The summed E-state index contributed by atoms with van der Waals surface area (Å²) in [5, 5.41) is 0. The van der Waals surface area contributed by atoms with E-state index in [9.17, 15) is 0 Å². The molecule has 146 valence electrons. The quantitative estimate of drug-likeness (QED) is 0.811. The van der Waals surface area contributed by atoms with Crippen LogP contribution in [0.4, 0.5) is 0 Å². The van der Waals surface area contributed by atoms with Crippen LogP contribution in [-0.4, -0.2) is 59.5 Å². The maximum Gasteiger partial charge on any atom is 0.141 e. The van der Waals surface area contributed by atoms with Gasteiger partial charge in [-0.2, -0.15) is 0 Å². The van der Waals surface area contributed by atoms with Gasteiger partial charge in [0.1, 0.15) is 5.60 Å². The van der Waals surface area contributed by atoms with Gasteiger partial charge in [-0.1, -0.05) is 60.7 Å². The number of rotatable bonds is 2. The lowest BCUT2D eigenvalue weighted by Crippen LogP contribution is -2.38. The highest BCUT2D eigenvalue weighted by Gasteiger charge is 2.35. The van der Waals surface area contributed by atoms with E-state index in [1.54, 1.807) is 0 Å². The van der Waals surface area contributed by atoms with Gasteiger partial charge in [-0.3, -0.25) is 0 Å². The monoisotopic (exact) mass is 372 g/mol. The Hall–Kier alpha value is -1.76. The molecule has 3 rings (SSSR count). The fourth-order valence-electron chi connectivity index (χ4n) is 3.11. The van der Waals surface area contributed by atoms with E-state index in [2.05, 4.69) is 24.3 Å². The molecular weight excluding hydrogens is 344 g/mol. The molecule has 0 bridgehead atoms. The Balaban J connectivity index is 1.84. The smallest absolute Gasteiger partial charge is 0.141 e. The summed E-state index contributed by atoms with van der Waals surface area (Å²) in [6.07, 6.45) is 0. The normalized spacial score (nSPS) is 20.3. The van der Waals surface area contributed by atoms with E-state index in [1.165, 1.54) is 0 Å². The van der Waals surface area contributed by atoms with Crippen molar-refractivity contribution in [2.75, 3.05) is 59.5 Å². The highest BCUT2D eigenvalue weighted by molar-refractivity contribution is 5.36. The largest absolute Gasteiger partial charge is 0.377 e. The minimum Gasteiger partial charge on any atom is -0.377 e. The molecule has 0 atom stereocenters. The van der Waals surface area contributed by atoms with E-state index in [0.717, 1.165) is 11.1 Å². The SMILES string of the molecule is c1ccc(C2(c3ccccc3)COCCOCCOCCOCCO2)cc1. The predicted octanol–water partition coefficient (Wildman–Crippen LogP) is 3.03. The molecule has 1 heterocycles. The van der Waals surface area contributed by atoms with Gasteiger partial charge in [0.25, 0.3) is 0 Å². The van der Waals surface area contributed by atoms with Crippen molar-refractivity contribution in [1.82, 2.24) is 0 Å². The second-order valence-corrected chi connectivity index (χ2v) is 6.30. The van der Waals surface area contributed by atoms with Crippen LogP contribution in [0.25, 0.3) is 0 Å². The molecule has 5 heteroatoms. The zero-order valence-electron chi connectivity index (χ0n) is 15.7. The summed E-state index contributed by atoms with van der Waals surface area (Å²) in [7, 11) is 0. The van der Waals surface area contributed by atoms with E-state index >= 15 is 0 Å². The molecular formula is C22H28O5. The molecule has 2 aromatic rings. The molecule has 0 saturated carbocycles. The van der Waals surface area contributed by atoms with Gasteiger partial charge in [0.05, 0.1) is 59.5 Å². The van der Waals surface area contributed by atoms with Crippen molar-refractivity contribution < 1.29 is 23.7 Å². The van der Waals surface area contributed by atoms with Crippen molar-refractivity contribution in [2.45, 2.75) is 5.60 Å². The first-order valence-electron chi connectivity index (χ1n) is 9.48. The lowest BCUT2D eigenvalue weighted by atomic mass is 9.86. The Bertz CT molecular complexity index is 574. The molecule has 0 unspecified atom stereocenters. The topological polar surface area (TPSA) is 46.2 Å². The molecule has 1 fully saturated rings. The zero-order chi connectivity index (χ0) is 18.6. The third-order valence-electron chi connectivity index (χ3n) is 4.48. The van der Waals surface area contributed by atoms with Crippen LogP contribution >= 0.6 is 0 Å². The van der Waals surface area contributed by atoms with Crippen LogP contribution in [0.2, 0.25) is 0 Å². The number of ether oxygens (including phenoxy) is 5. The van der Waals surface area contributed by atoms with Crippen molar-refractivity contribution in [3.05, 3.63) is 71.8 Å². The third-order valence-corrected chi connectivity index (χ3v) is 4.48. The molecule has 0 N–H and O–H groups in total. The standard InChI is InChI=1S/C22H28O5/c1-3-7-20(8-4-1)22(21-9-5-2-6-10-21)19-26-16-15-24-12-11-23-13-14-25-17-18-27-22/h1-10H,11-19H2. The van der Waals surface area contributed by atoms with Crippen LogP contribution in [0.1, 0.15) is 11.1 Å². The average molecular weight is 372 g/mol. The lowest BCUT2D eigenvalue weighted by molar-refractivity contribution is -0.0961. The first kappa shape index (κ1) is 20.0. The Morgan fingerprint density at radius 2 is 0.889 bits per heavy atom. The third kappa shape index (κ3) is 5.86. The maximum atomic E-state index is 6.45. The molecule has 0 radical (unpaired) electrons. The molecule has 5 nitrogen and oxygen atoms in total. The molecule has 0 aliphatic carbocycles. The Morgan fingerprint density at radius 3 is 1.37 bits per heavy atom. The summed E-state index contributed by atoms with van der Waals surface area (Å²) in [6.45, 7) is 4.62. The highest BCUT2D eigenvalue weighted by Crippen LogP contribution is 2.34. The molecule has 0 spiro atoms. The van der Waals surface area contributed by atoms with Gasteiger partial charge in [0.2, 0.25) is 0 Å². The van der Waals surface area contributed by atoms with E-state index < -0.39 is 5.60 Å². The number of hydrogen-bond donors (Lipinski definition) is 0. The van der Waals surface area contributed by atoms with Gasteiger partial charge in [-0.25, -0.2) is 0 Å². The Labute approximate surface area is 161 Å². The van der Waals surface area contributed by atoms with Crippen molar-refractivity contribution in [3.63, 3.8) is 0 Å². The molecule has 2 aromatic carbocycles. The minimum atomic E-state index is -0.692. The fourth-order valence-corrected chi connectivity index (χ4v) is 3.11. The second kappa shape index (κ2) is 11.2. The van der Waals surface area contributed by atoms with E-state index in [4.69, 9.17) is 23.7 Å². The van der Waals surface area contributed by atoms with Gasteiger partial charge >= 0.3 is 0 Å². The Morgan fingerprint density at radius 1 is 0.481 bits per heavy atom. The molecule has 0 aromatic heterocycles. The van der Waals surface area contributed by atoms with Crippen molar-refractivity contribution in [3.8, 4) is 0 Å². The van der Waals surface area contributed by atoms with Crippen LogP contribution in [0, 0.1) is 0 Å². The predicted molar refractivity (Wildman–Crippen MR) is 103 cm³/mol. The van der Waals surface area contributed by atoms with Gasteiger partial charge in [0.15, 0.2) is 0 Å². The van der Waals surface area contributed by atoms with Crippen molar-refractivity contribution in [1.29, 1.82) is 0 Å². The van der Waals surface area contributed by atoms with Crippen LogP contribution < -0.4 is 0 Å². The van der Waals surface area contributed by atoms with E-state index in [-0.39, 0.29) is 0 Å². The number of benzene rings is 2. The molecule has 27 heavy (non-hydrogen) atoms. The first-order chi connectivity index (χ1) is 13.4. The van der Waals surface area contributed by atoms with Gasteiger partial charge < -0.3 is 23.7 Å². The lowest BCUT2D eigenvalue weighted by Gasteiger charge is -2.35. The molecule has 1 saturated heterocycles. The van der Waals surface area contributed by atoms with Gasteiger partial charge in [-0.05, 0) is 11.1 Å². The minimum absolute atomic E-state index is 0.404. The van der Waals surface area contributed by atoms with Crippen LogP contribution in [0.15, 0.2) is 60.7 Å². The molecule has 0 amide bonds. The molecule has 1 aliphatic heterocycles. The fraction of sp³-hybridized carbons (Fsp3) is 0.455. The first-order valence-corrected chi connectivity index (χ1v) is 9.48. The summed E-state index contributed by atoms with van der Waals surface area (Å²) < 4.78 is 29.1. The highest BCUT2D eigenvalue weighted by atomic mass is 16.6. The summed E-state index contributed by atoms with van der Waals surface area (Å²) >= 11 is 0. The van der Waals surface area contributed by atoms with Crippen LogP contribution in [-0.2, 0) is 29.3 Å². The Kier molecular flexibility index (Phi) is 8.27. The van der Waals surface area contributed by atoms with Crippen molar-refractivity contribution >= 4 is 0 Å². The van der Waals surface area contributed by atoms with E-state index in [0.29, 0.717) is 59.5 Å². The van der Waals surface area contributed by atoms with Crippen molar-refractivity contribution in [2.24, 2.45) is 0 Å². The van der Waals surface area contributed by atoms with Crippen LogP contribution in [0.5, 0.6) is 0 Å². The summed E-state index contributed by atoms with van der Waals surface area (Å²) in [5.74, 6) is 0. The molecule has 1 aliphatic rings. The second-order valence-electron chi connectivity index (χ2n) is 6.30. The van der Waals surface area contributed by atoms with Gasteiger partial charge in [0, 0.05) is 0 Å².